The molecule has 0 saturated carbocycles. The van der Waals surface area contributed by atoms with Crippen LogP contribution in [0.1, 0.15) is 10.4 Å². The number of aromatic nitrogens is 1. The zero-order valence-corrected chi connectivity index (χ0v) is 19.8. The Kier molecular flexibility index (Phi) is 6.69. The number of anilines is 1. The van der Waals surface area contributed by atoms with Gasteiger partial charge >= 0.3 is 0 Å². The third-order valence-corrected chi connectivity index (χ3v) is 5.36. The van der Waals surface area contributed by atoms with Gasteiger partial charge in [0.15, 0.2) is 10.7 Å². The van der Waals surface area contributed by atoms with Gasteiger partial charge in [-0.25, -0.2) is 4.98 Å². The molecule has 0 radical (unpaired) electrons. The number of fused-ring (bicyclic) bond motifs is 1. The highest BCUT2D eigenvalue weighted by atomic mass is 35.5. The van der Waals surface area contributed by atoms with E-state index in [0.717, 1.165) is 0 Å². The van der Waals surface area contributed by atoms with Crippen molar-refractivity contribution in [2.45, 2.75) is 0 Å². The number of carbonyl (C=O) groups excluding carboxylic acids is 1. The summed E-state index contributed by atoms with van der Waals surface area (Å²) in [7, 11) is 2.95. The minimum absolute atomic E-state index is 0.0949. The second kappa shape index (κ2) is 9.66. The molecule has 1 aromatic heterocycles. The largest absolute Gasteiger partial charge is 0.496 e. The number of benzene rings is 3. The first-order valence-corrected chi connectivity index (χ1v) is 10.8. The van der Waals surface area contributed by atoms with E-state index in [1.165, 1.54) is 14.2 Å². The fourth-order valence-electron chi connectivity index (χ4n) is 3.22. The first-order valence-electron chi connectivity index (χ1n) is 9.59. The lowest BCUT2D eigenvalue weighted by atomic mass is 10.1. The predicted molar refractivity (Wildman–Crippen MR) is 133 cm³/mol. The van der Waals surface area contributed by atoms with Gasteiger partial charge in [0.05, 0.1) is 19.2 Å². The van der Waals surface area contributed by atoms with Gasteiger partial charge < -0.3 is 19.2 Å². The van der Waals surface area contributed by atoms with Crippen molar-refractivity contribution in [2.24, 2.45) is 0 Å². The molecule has 1 amide bonds. The number of hydrogen-bond acceptors (Lipinski definition) is 6. The Bertz CT molecular complexity index is 1350. The van der Waals surface area contributed by atoms with Crippen molar-refractivity contribution in [3.05, 3.63) is 70.2 Å². The second-order valence-electron chi connectivity index (χ2n) is 6.78. The quantitative estimate of drug-likeness (QED) is 0.327. The Hall–Kier alpha value is -3.33. The van der Waals surface area contributed by atoms with E-state index in [-0.39, 0.29) is 10.7 Å². The number of carbonyl (C=O) groups is 1. The van der Waals surface area contributed by atoms with Gasteiger partial charge in [0.25, 0.3) is 5.91 Å². The van der Waals surface area contributed by atoms with Gasteiger partial charge in [-0.2, -0.15) is 0 Å². The van der Waals surface area contributed by atoms with Crippen LogP contribution in [0.4, 0.5) is 5.69 Å². The number of halogens is 2. The van der Waals surface area contributed by atoms with Crippen LogP contribution < -0.4 is 20.1 Å². The molecule has 33 heavy (non-hydrogen) atoms. The number of rotatable bonds is 5. The molecule has 0 saturated heterocycles. The van der Waals surface area contributed by atoms with Crippen LogP contribution >= 0.6 is 35.4 Å². The lowest BCUT2D eigenvalue weighted by molar-refractivity contribution is 0.0971. The van der Waals surface area contributed by atoms with E-state index in [4.69, 9.17) is 49.3 Å². The van der Waals surface area contributed by atoms with Crippen LogP contribution in [0.25, 0.3) is 22.6 Å². The van der Waals surface area contributed by atoms with Crippen LogP contribution in [-0.2, 0) is 0 Å². The summed E-state index contributed by atoms with van der Waals surface area (Å²) in [5.74, 6) is 0.632. The maximum atomic E-state index is 12.8. The third-order valence-electron chi connectivity index (χ3n) is 4.66. The van der Waals surface area contributed by atoms with Gasteiger partial charge in [-0.1, -0.05) is 35.3 Å². The van der Waals surface area contributed by atoms with E-state index in [0.29, 0.717) is 49.8 Å². The summed E-state index contributed by atoms with van der Waals surface area (Å²) >= 11 is 17.6. The van der Waals surface area contributed by atoms with Crippen LogP contribution in [0.3, 0.4) is 0 Å². The molecule has 10 heteroatoms. The lowest BCUT2D eigenvalue weighted by Gasteiger charge is -2.14. The third kappa shape index (κ3) is 4.88. The molecule has 4 rings (SSSR count). The van der Waals surface area contributed by atoms with Crippen molar-refractivity contribution < 1.29 is 18.7 Å². The van der Waals surface area contributed by atoms with Crippen LogP contribution in [0.5, 0.6) is 11.5 Å². The molecule has 0 spiro atoms. The number of thiocarbonyl (C=S) groups is 1. The molecule has 0 atom stereocenters. The van der Waals surface area contributed by atoms with Gasteiger partial charge in [0.2, 0.25) is 5.89 Å². The molecule has 1 heterocycles. The standard InChI is InChI=1S/C23H17Cl2N3O4S/c1-30-17-7-4-8-18(31-2)19(17)21(29)28-23(33)26-14-6-3-5-12(9-14)22-27-16-11-13(24)10-15(25)20(16)32-22/h3-11H,1-2H3,(H2,26,28,29,33). The molecule has 0 aliphatic heterocycles. The topological polar surface area (TPSA) is 85.6 Å². The number of nitrogens with one attached hydrogen (secondary N) is 2. The van der Waals surface area contributed by atoms with E-state index in [2.05, 4.69) is 15.6 Å². The molecule has 168 valence electrons. The molecule has 0 bridgehead atoms. The summed E-state index contributed by atoms with van der Waals surface area (Å²) in [5, 5.41) is 6.56. The zero-order chi connectivity index (χ0) is 23.5. The van der Waals surface area contributed by atoms with Crippen molar-refractivity contribution in [1.82, 2.24) is 10.3 Å². The molecular formula is C23H17Cl2N3O4S. The van der Waals surface area contributed by atoms with Crippen LogP contribution in [0.15, 0.2) is 59.0 Å². The van der Waals surface area contributed by atoms with E-state index in [9.17, 15) is 4.79 Å². The summed E-state index contributed by atoms with van der Waals surface area (Å²) in [4.78, 5) is 17.3. The van der Waals surface area contributed by atoms with Crippen LogP contribution in [0, 0.1) is 0 Å². The Morgan fingerprint density at radius 3 is 2.42 bits per heavy atom. The SMILES string of the molecule is COc1cccc(OC)c1C(=O)NC(=S)Nc1cccc(-c2nc3cc(Cl)cc(Cl)c3o2)c1. The number of ether oxygens (including phenoxy) is 2. The van der Waals surface area contributed by atoms with Gasteiger partial charge in [-0.15, -0.1) is 0 Å². The maximum absolute atomic E-state index is 12.8. The summed E-state index contributed by atoms with van der Waals surface area (Å²) in [6, 6.07) is 15.5. The summed E-state index contributed by atoms with van der Waals surface area (Å²) in [6.07, 6.45) is 0. The first-order chi connectivity index (χ1) is 15.9. The molecule has 3 aromatic carbocycles. The molecule has 0 fully saturated rings. The van der Waals surface area contributed by atoms with Gasteiger partial charge in [-0.05, 0) is 54.7 Å². The Morgan fingerprint density at radius 1 is 1.03 bits per heavy atom. The molecule has 4 aromatic rings. The highest BCUT2D eigenvalue weighted by Crippen LogP contribution is 2.32. The van der Waals surface area contributed by atoms with Crippen molar-refractivity contribution in [2.75, 3.05) is 19.5 Å². The molecular weight excluding hydrogens is 485 g/mol. The average molecular weight is 502 g/mol. The highest BCUT2D eigenvalue weighted by molar-refractivity contribution is 7.80. The summed E-state index contributed by atoms with van der Waals surface area (Å²) < 4.78 is 16.4. The number of oxazole rings is 1. The van der Waals surface area contributed by atoms with Crippen LogP contribution in [0.2, 0.25) is 10.0 Å². The van der Waals surface area contributed by atoms with E-state index in [1.807, 2.05) is 6.07 Å². The Morgan fingerprint density at radius 2 is 1.73 bits per heavy atom. The number of nitrogens with zero attached hydrogens (tertiary/aromatic N) is 1. The minimum atomic E-state index is -0.469. The Labute approximate surface area is 204 Å². The van der Waals surface area contributed by atoms with Crippen molar-refractivity contribution in [3.8, 4) is 23.0 Å². The Balaban J connectivity index is 1.53. The molecule has 0 aliphatic carbocycles. The summed E-state index contributed by atoms with van der Waals surface area (Å²) in [6.45, 7) is 0. The fourth-order valence-corrected chi connectivity index (χ4v) is 3.95. The number of hydrogen-bond donors (Lipinski definition) is 2. The van der Waals surface area contributed by atoms with Crippen molar-refractivity contribution >= 4 is 63.2 Å². The van der Waals surface area contributed by atoms with Gasteiger partial charge in [-0.3, -0.25) is 10.1 Å². The normalized spacial score (nSPS) is 10.7. The zero-order valence-electron chi connectivity index (χ0n) is 17.4. The smallest absolute Gasteiger partial charge is 0.264 e. The summed E-state index contributed by atoms with van der Waals surface area (Å²) in [5.41, 5.74) is 2.54. The van der Waals surface area contributed by atoms with Crippen LogP contribution in [-0.4, -0.2) is 30.2 Å². The molecule has 0 aliphatic rings. The second-order valence-corrected chi connectivity index (χ2v) is 8.03. The fraction of sp³-hybridized carbons (Fsp3) is 0.0870. The van der Waals surface area contributed by atoms with Gasteiger partial charge in [0, 0.05) is 16.3 Å². The minimum Gasteiger partial charge on any atom is -0.496 e. The van der Waals surface area contributed by atoms with Crippen molar-refractivity contribution in [1.29, 1.82) is 0 Å². The monoisotopic (exact) mass is 501 g/mol. The average Bonchev–Trinajstić information content (AvgIpc) is 3.23. The van der Waals surface area contributed by atoms with E-state index >= 15 is 0 Å². The molecule has 7 nitrogen and oxygen atoms in total. The maximum Gasteiger partial charge on any atom is 0.264 e. The van der Waals surface area contributed by atoms with Gasteiger partial charge in [0.1, 0.15) is 22.6 Å². The number of methoxy groups -OCH3 is 2. The molecule has 2 N–H and O–H groups in total. The predicted octanol–water partition coefficient (Wildman–Crippen LogP) is 5.95. The number of amides is 1. The highest BCUT2D eigenvalue weighted by Gasteiger charge is 2.19. The van der Waals surface area contributed by atoms with E-state index in [1.54, 1.807) is 48.5 Å². The molecule has 0 unspecified atom stereocenters. The van der Waals surface area contributed by atoms with E-state index < -0.39 is 5.91 Å². The van der Waals surface area contributed by atoms with Crippen molar-refractivity contribution in [3.63, 3.8) is 0 Å². The lowest BCUT2D eigenvalue weighted by Crippen LogP contribution is -2.34. The first kappa shape index (κ1) is 22.8.